The Balaban J connectivity index is 1.76. The van der Waals surface area contributed by atoms with Crippen LogP contribution in [0.15, 0.2) is 42.5 Å². The van der Waals surface area contributed by atoms with Crippen LogP contribution in [0.2, 0.25) is 0 Å². The van der Waals surface area contributed by atoms with Crippen LogP contribution in [0.1, 0.15) is 39.9 Å². The molecular weight excluding hydrogens is 432 g/mol. The molecule has 1 aliphatic rings. The van der Waals surface area contributed by atoms with Gasteiger partial charge in [-0.3, -0.25) is 14.4 Å². The third kappa shape index (κ3) is 5.32. The quantitative estimate of drug-likeness (QED) is 0.318. The van der Waals surface area contributed by atoms with Crippen LogP contribution in [0.4, 0.5) is 0 Å². The number of para-hydroxylation sites is 1. The van der Waals surface area contributed by atoms with E-state index in [9.17, 15) is 19.5 Å². The lowest BCUT2D eigenvalue weighted by atomic mass is 9.96. The monoisotopic (exact) mass is 458 g/mol. The predicted octanol–water partition coefficient (Wildman–Crippen LogP) is 0.588. The van der Waals surface area contributed by atoms with Gasteiger partial charge in [0.1, 0.15) is 11.5 Å². The number of hydrogen-bond donors (Lipinski definition) is 6. The Morgan fingerprint density at radius 1 is 1.19 bits per heavy atom. The molecule has 2 aromatic carbocycles. The summed E-state index contributed by atoms with van der Waals surface area (Å²) in [6, 6.07) is 10.1. The summed E-state index contributed by atoms with van der Waals surface area (Å²) in [4.78, 5) is 37.0. The van der Waals surface area contributed by atoms with Crippen LogP contribution in [0.3, 0.4) is 0 Å². The van der Waals surface area contributed by atoms with Gasteiger partial charge in [-0.1, -0.05) is 24.3 Å². The van der Waals surface area contributed by atoms with Gasteiger partial charge in [0, 0.05) is 24.3 Å². The van der Waals surface area contributed by atoms with Crippen LogP contribution >= 0.6 is 12.6 Å². The number of nitrogens with one attached hydrogen (secondary N) is 2. The van der Waals surface area contributed by atoms with Crippen LogP contribution < -0.4 is 26.8 Å². The Morgan fingerprint density at radius 2 is 1.91 bits per heavy atom. The topological polar surface area (TPSA) is 157 Å². The maximum absolute atomic E-state index is 12.9. The summed E-state index contributed by atoms with van der Waals surface area (Å²) in [5, 5.41) is 15.0. The molecule has 3 amide bonds. The molecule has 170 valence electrons. The van der Waals surface area contributed by atoms with Gasteiger partial charge in [0.15, 0.2) is 0 Å². The Morgan fingerprint density at radius 3 is 2.56 bits per heavy atom. The van der Waals surface area contributed by atoms with Gasteiger partial charge in [-0.05, 0) is 23.8 Å². The Bertz CT molecular complexity index is 998. The maximum Gasteiger partial charge on any atom is 0.255 e. The predicted molar refractivity (Wildman–Crippen MR) is 122 cm³/mol. The average molecular weight is 459 g/mol. The largest absolute Gasteiger partial charge is 0.508 e. The number of thiol groups is 1. The third-order valence-corrected chi connectivity index (χ3v) is 5.67. The van der Waals surface area contributed by atoms with Crippen molar-refractivity contribution < 1.29 is 24.2 Å². The third-order valence-electron chi connectivity index (χ3n) is 5.27. The van der Waals surface area contributed by atoms with E-state index in [1.165, 1.54) is 12.1 Å². The molecule has 2 aromatic rings. The highest BCUT2D eigenvalue weighted by Crippen LogP contribution is 2.35. The molecule has 0 aliphatic carbocycles. The standard InChI is InChI=1S/C22H26N4O5S/c23-17(11-32)22(30)26-18-8-9-31-19-14(18)2-1-3-15(19)21(29)25-10-16(20(24)28)12-4-6-13(27)7-5-12/h1-7,16-18,27,32H,8-11,23H2,(H2,24,28)(H,25,29)(H,26,30)/t16-,17-,18?/m0/s1. The molecule has 0 bridgehead atoms. The molecule has 1 aliphatic heterocycles. The minimum absolute atomic E-state index is 0.0282. The number of rotatable bonds is 8. The molecule has 32 heavy (non-hydrogen) atoms. The summed E-state index contributed by atoms with van der Waals surface area (Å²) < 4.78 is 5.75. The van der Waals surface area contributed by atoms with Gasteiger partial charge in [0.2, 0.25) is 11.8 Å². The number of nitrogens with two attached hydrogens (primary N) is 2. The first-order chi connectivity index (χ1) is 15.3. The molecule has 0 spiro atoms. The SMILES string of the molecule is NC(=O)[C@@H](CNC(=O)c1cccc2c1OCCC2NC(=O)[C@@H](N)CS)c1ccc(O)cc1. The molecule has 9 nitrogen and oxygen atoms in total. The highest BCUT2D eigenvalue weighted by molar-refractivity contribution is 7.80. The van der Waals surface area contributed by atoms with Gasteiger partial charge in [0.25, 0.3) is 5.91 Å². The minimum atomic E-state index is -0.769. The second kappa shape index (κ2) is 10.4. The normalized spacial score (nSPS) is 16.8. The smallest absolute Gasteiger partial charge is 0.255 e. The maximum atomic E-state index is 12.9. The molecule has 0 radical (unpaired) electrons. The lowest BCUT2D eigenvalue weighted by Gasteiger charge is -2.29. The first kappa shape index (κ1) is 23.4. The number of fused-ring (bicyclic) bond motifs is 1. The van der Waals surface area contributed by atoms with Crippen LogP contribution in [0, 0.1) is 0 Å². The number of phenols is 1. The average Bonchev–Trinajstić information content (AvgIpc) is 2.79. The fourth-order valence-corrected chi connectivity index (χ4v) is 3.66. The van der Waals surface area contributed by atoms with Crippen molar-refractivity contribution in [2.75, 3.05) is 18.9 Å². The molecule has 7 N–H and O–H groups in total. The summed E-state index contributed by atoms with van der Waals surface area (Å²) in [6.07, 6.45) is 0.535. The number of aromatic hydroxyl groups is 1. The van der Waals surface area contributed by atoms with E-state index in [-0.39, 0.29) is 35.6 Å². The highest BCUT2D eigenvalue weighted by Gasteiger charge is 2.28. The fourth-order valence-electron chi connectivity index (χ4n) is 3.49. The van der Waals surface area contributed by atoms with Gasteiger partial charge >= 0.3 is 0 Å². The van der Waals surface area contributed by atoms with Crippen molar-refractivity contribution in [2.24, 2.45) is 11.5 Å². The molecule has 0 fully saturated rings. The van der Waals surface area contributed by atoms with E-state index in [4.69, 9.17) is 16.2 Å². The number of primary amides is 1. The minimum Gasteiger partial charge on any atom is -0.508 e. The van der Waals surface area contributed by atoms with Crippen LogP contribution in [0.25, 0.3) is 0 Å². The summed E-state index contributed by atoms with van der Waals surface area (Å²) in [7, 11) is 0. The second-order valence-electron chi connectivity index (χ2n) is 7.47. The van der Waals surface area contributed by atoms with Crippen molar-refractivity contribution in [1.82, 2.24) is 10.6 Å². The van der Waals surface area contributed by atoms with E-state index in [0.29, 0.717) is 29.9 Å². The van der Waals surface area contributed by atoms with Crippen molar-refractivity contribution in [3.05, 3.63) is 59.2 Å². The number of carbonyl (C=O) groups excluding carboxylic acids is 3. The van der Waals surface area contributed by atoms with E-state index in [1.807, 2.05) is 0 Å². The van der Waals surface area contributed by atoms with Crippen molar-refractivity contribution in [3.63, 3.8) is 0 Å². The zero-order valence-electron chi connectivity index (χ0n) is 17.3. The van der Waals surface area contributed by atoms with E-state index in [1.54, 1.807) is 30.3 Å². The summed E-state index contributed by atoms with van der Waals surface area (Å²) in [5.74, 6) is -1.49. The van der Waals surface area contributed by atoms with E-state index < -0.39 is 23.8 Å². The molecule has 10 heteroatoms. The van der Waals surface area contributed by atoms with Crippen LogP contribution in [-0.2, 0) is 9.59 Å². The number of hydrogen-bond acceptors (Lipinski definition) is 7. The Hall–Kier alpha value is -3.24. The summed E-state index contributed by atoms with van der Waals surface area (Å²) >= 11 is 4.05. The molecular formula is C22H26N4O5S. The second-order valence-corrected chi connectivity index (χ2v) is 7.83. The Labute approximate surface area is 190 Å². The number of ether oxygens (including phenoxy) is 1. The molecule has 0 aromatic heterocycles. The van der Waals surface area contributed by atoms with Gasteiger partial charge in [0.05, 0.1) is 30.2 Å². The van der Waals surface area contributed by atoms with Crippen molar-refractivity contribution in [3.8, 4) is 11.5 Å². The molecule has 3 rings (SSSR count). The van der Waals surface area contributed by atoms with Gasteiger partial charge in [-0.15, -0.1) is 0 Å². The summed E-state index contributed by atoms with van der Waals surface area (Å²) in [6.45, 7) is 0.287. The zero-order chi connectivity index (χ0) is 23.3. The first-order valence-electron chi connectivity index (χ1n) is 10.1. The molecule has 0 saturated heterocycles. The highest BCUT2D eigenvalue weighted by atomic mass is 32.1. The number of phenolic OH excluding ortho intramolecular Hbond substituents is 1. The number of amides is 3. The number of benzene rings is 2. The van der Waals surface area contributed by atoms with Crippen molar-refractivity contribution >= 4 is 30.4 Å². The number of carbonyl (C=O) groups is 3. The lowest BCUT2D eigenvalue weighted by Crippen LogP contribution is -2.44. The van der Waals surface area contributed by atoms with Gasteiger partial charge in [-0.2, -0.15) is 12.6 Å². The van der Waals surface area contributed by atoms with Gasteiger partial charge < -0.3 is 31.9 Å². The van der Waals surface area contributed by atoms with Crippen molar-refractivity contribution in [2.45, 2.75) is 24.4 Å². The molecule has 1 unspecified atom stereocenters. The van der Waals surface area contributed by atoms with Crippen LogP contribution in [-0.4, -0.2) is 47.8 Å². The van der Waals surface area contributed by atoms with Crippen molar-refractivity contribution in [1.29, 1.82) is 0 Å². The fraction of sp³-hybridized carbons (Fsp3) is 0.318. The zero-order valence-corrected chi connectivity index (χ0v) is 18.2. The van der Waals surface area contributed by atoms with E-state index in [2.05, 4.69) is 23.3 Å². The van der Waals surface area contributed by atoms with E-state index in [0.717, 1.165) is 0 Å². The first-order valence-corrected chi connectivity index (χ1v) is 10.7. The molecule has 3 atom stereocenters. The van der Waals surface area contributed by atoms with E-state index >= 15 is 0 Å². The summed E-state index contributed by atoms with van der Waals surface area (Å²) in [5.41, 5.74) is 12.8. The molecule has 0 saturated carbocycles. The van der Waals surface area contributed by atoms with Crippen LogP contribution in [0.5, 0.6) is 11.5 Å². The Kier molecular flexibility index (Phi) is 7.60. The molecule has 1 heterocycles. The lowest BCUT2D eigenvalue weighted by molar-refractivity contribution is -0.123. The van der Waals surface area contributed by atoms with Gasteiger partial charge in [-0.25, -0.2) is 0 Å².